The number of carbonyl (C=O) groups excluding carboxylic acids is 2. The summed E-state index contributed by atoms with van der Waals surface area (Å²) in [6.45, 7) is 3.16. The number of methoxy groups -OCH3 is 1. The topological polar surface area (TPSA) is 67.9 Å². The maximum absolute atomic E-state index is 12.5. The van der Waals surface area contributed by atoms with Gasteiger partial charge in [0.05, 0.1) is 7.11 Å². The molecule has 6 nitrogen and oxygen atoms in total. The molecule has 0 unspecified atom stereocenters. The SMILES string of the molecule is COc1ccc(NC(=O)C2CCN(C(=O)COc3ccc(C)cc3)CC2)cc1. The number of hydrogen-bond acceptors (Lipinski definition) is 4. The largest absolute Gasteiger partial charge is 0.497 e. The summed E-state index contributed by atoms with van der Waals surface area (Å²) in [5.74, 6) is 1.29. The molecule has 6 heteroatoms. The molecule has 2 aromatic rings. The maximum atomic E-state index is 12.5. The van der Waals surface area contributed by atoms with E-state index in [2.05, 4.69) is 5.32 Å². The Morgan fingerprint density at radius 1 is 1.00 bits per heavy atom. The van der Waals surface area contributed by atoms with Crippen molar-refractivity contribution >= 4 is 17.5 Å². The monoisotopic (exact) mass is 382 g/mol. The Hall–Kier alpha value is -3.02. The Morgan fingerprint density at radius 3 is 2.21 bits per heavy atom. The van der Waals surface area contributed by atoms with Gasteiger partial charge in [-0.15, -0.1) is 0 Å². The number of hydrogen-bond donors (Lipinski definition) is 1. The lowest BCUT2D eigenvalue weighted by atomic mass is 9.95. The van der Waals surface area contributed by atoms with Gasteiger partial charge in [-0.3, -0.25) is 9.59 Å². The van der Waals surface area contributed by atoms with Gasteiger partial charge in [-0.05, 0) is 56.2 Å². The predicted octanol–water partition coefficient (Wildman–Crippen LogP) is 3.26. The van der Waals surface area contributed by atoms with Gasteiger partial charge in [0.15, 0.2) is 6.61 Å². The van der Waals surface area contributed by atoms with Crippen LogP contribution >= 0.6 is 0 Å². The van der Waals surface area contributed by atoms with E-state index < -0.39 is 0 Å². The lowest BCUT2D eigenvalue weighted by Gasteiger charge is -2.31. The molecule has 148 valence electrons. The van der Waals surface area contributed by atoms with Crippen molar-refractivity contribution in [2.45, 2.75) is 19.8 Å². The van der Waals surface area contributed by atoms with Crippen molar-refractivity contribution in [1.82, 2.24) is 4.90 Å². The molecule has 2 amide bonds. The third-order valence-corrected chi connectivity index (χ3v) is 4.96. The first-order chi connectivity index (χ1) is 13.5. The van der Waals surface area contributed by atoms with Crippen LogP contribution in [0.15, 0.2) is 48.5 Å². The first-order valence-electron chi connectivity index (χ1n) is 9.47. The van der Waals surface area contributed by atoms with Gasteiger partial charge < -0.3 is 19.7 Å². The molecule has 0 aromatic heterocycles. The van der Waals surface area contributed by atoms with Gasteiger partial charge in [0, 0.05) is 24.7 Å². The molecule has 0 spiro atoms. The third-order valence-electron chi connectivity index (χ3n) is 4.96. The molecule has 3 rings (SSSR count). The van der Waals surface area contributed by atoms with E-state index in [9.17, 15) is 9.59 Å². The van der Waals surface area contributed by atoms with Crippen molar-refractivity contribution in [3.63, 3.8) is 0 Å². The average molecular weight is 382 g/mol. The van der Waals surface area contributed by atoms with Gasteiger partial charge in [-0.2, -0.15) is 0 Å². The lowest BCUT2D eigenvalue weighted by Crippen LogP contribution is -2.43. The first kappa shape index (κ1) is 19.7. The molecule has 1 heterocycles. The number of amides is 2. The fraction of sp³-hybridized carbons (Fsp3) is 0.364. The predicted molar refractivity (Wildman–Crippen MR) is 108 cm³/mol. The van der Waals surface area contributed by atoms with E-state index in [1.54, 1.807) is 12.0 Å². The Balaban J connectivity index is 1.43. The van der Waals surface area contributed by atoms with Crippen LogP contribution in [0.5, 0.6) is 11.5 Å². The molecule has 0 aliphatic carbocycles. The summed E-state index contributed by atoms with van der Waals surface area (Å²) in [6, 6.07) is 14.9. The van der Waals surface area contributed by atoms with Gasteiger partial charge in [0.25, 0.3) is 5.91 Å². The van der Waals surface area contributed by atoms with E-state index in [4.69, 9.17) is 9.47 Å². The third kappa shape index (κ3) is 5.25. The van der Waals surface area contributed by atoms with E-state index in [1.165, 1.54) is 0 Å². The molecule has 0 bridgehead atoms. The number of likely N-dealkylation sites (tertiary alicyclic amines) is 1. The molecule has 1 saturated heterocycles. The standard InChI is InChI=1S/C22H26N2O4/c1-16-3-7-20(8-4-16)28-15-21(25)24-13-11-17(12-14-24)22(26)23-18-5-9-19(27-2)10-6-18/h3-10,17H,11-15H2,1-2H3,(H,23,26). The Labute approximate surface area is 165 Å². The molecule has 1 fully saturated rings. The number of ether oxygens (including phenoxy) is 2. The molecule has 1 N–H and O–H groups in total. The zero-order valence-corrected chi connectivity index (χ0v) is 16.3. The van der Waals surface area contributed by atoms with Crippen molar-refractivity contribution in [2.24, 2.45) is 5.92 Å². The molecule has 2 aromatic carbocycles. The summed E-state index contributed by atoms with van der Waals surface area (Å²) in [4.78, 5) is 26.6. The Morgan fingerprint density at radius 2 is 1.61 bits per heavy atom. The highest BCUT2D eigenvalue weighted by Crippen LogP contribution is 2.21. The zero-order valence-electron chi connectivity index (χ0n) is 16.3. The van der Waals surface area contributed by atoms with Gasteiger partial charge >= 0.3 is 0 Å². The van der Waals surface area contributed by atoms with E-state index in [0.717, 1.165) is 17.0 Å². The summed E-state index contributed by atoms with van der Waals surface area (Å²) >= 11 is 0. The normalized spacial score (nSPS) is 14.4. The van der Waals surface area contributed by atoms with Crippen LogP contribution in [0.3, 0.4) is 0 Å². The van der Waals surface area contributed by atoms with Crippen molar-refractivity contribution in [1.29, 1.82) is 0 Å². The molecule has 28 heavy (non-hydrogen) atoms. The molecule has 0 atom stereocenters. The highest BCUT2D eigenvalue weighted by molar-refractivity contribution is 5.92. The number of anilines is 1. The second-order valence-electron chi connectivity index (χ2n) is 6.97. The first-order valence-corrected chi connectivity index (χ1v) is 9.47. The molecule has 0 saturated carbocycles. The highest BCUT2D eigenvalue weighted by Gasteiger charge is 2.27. The van der Waals surface area contributed by atoms with Crippen molar-refractivity contribution < 1.29 is 19.1 Å². The minimum Gasteiger partial charge on any atom is -0.497 e. The molecular weight excluding hydrogens is 356 g/mol. The number of nitrogens with one attached hydrogen (secondary N) is 1. The minimum absolute atomic E-state index is 0.00632. The molecule has 1 aliphatic heterocycles. The number of carbonyl (C=O) groups is 2. The van der Waals surface area contributed by atoms with Crippen LogP contribution in [0.2, 0.25) is 0 Å². The van der Waals surface area contributed by atoms with Crippen LogP contribution in [-0.4, -0.2) is 43.5 Å². The van der Waals surface area contributed by atoms with Crippen LogP contribution < -0.4 is 14.8 Å². The Bertz CT molecular complexity index is 794. The van der Waals surface area contributed by atoms with Gasteiger partial charge in [0.2, 0.25) is 5.91 Å². The number of nitrogens with zero attached hydrogens (tertiary/aromatic N) is 1. The fourth-order valence-corrected chi connectivity index (χ4v) is 3.18. The van der Waals surface area contributed by atoms with Crippen LogP contribution in [0.1, 0.15) is 18.4 Å². The number of aryl methyl sites for hydroxylation is 1. The minimum atomic E-state index is -0.0934. The van der Waals surface area contributed by atoms with E-state index >= 15 is 0 Å². The Kier molecular flexibility index (Phi) is 6.53. The van der Waals surface area contributed by atoms with Crippen LogP contribution in [-0.2, 0) is 9.59 Å². The summed E-state index contributed by atoms with van der Waals surface area (Å²) in [6.07, 6.45) is 1.30. The second kappa shape index (κ2) is 9.26. The smallest absolute Gasteiger partial charge is 0.260 e. The van der Waals surface area contributed by atoms with E-state index in [1.807, 2.05) is 55.5 Å². The van der Waals surface area contributed by atoms with E-state index in [0.29, 0.717) is 31.7 Å². The summed E-state index contributed by atoms with van der Waals surface area (Å²) < 4.78 is 10.7. The van der Waals surface area contributed by atoms with Crippen molar-refractivity contribution in [3.8, 4) is 11.5 Å². The fourth-order valence-electron chi connectivity index (χ4n) is 3.18. The van der Waals surface area contributed by atoms with E-state index in [-0.39, 0.29) is 24.3 Å². The highest BCUT2D eigenvalue weighted by atomic mass is 16.5. The lowest BCUT2D eigenvalue weighted by molar-refractivity contribution is -0.136. The summed E-state index contributed by atoms with van der Waals surface area (Å²) in [5, 5.41) is 2.94. The van der Waals surface area contributed by atoms with Crippen LogP contribution in [0.4, 0.5) is 5.69 Å². The summed E-state index contributed by atoms with van der Waals surface area (Å²) in [5.41, 5.74) is 1.89. The van der Waals surface area contributed by atoms with Crippen molar-refractivity contribution in [2.75, 3.05) is 32.1 Å². The van der Waals surface area contributed by atoms with Crippen LogP contribution in [0, 0.1) is 12.8 Å². The maximum Gasteiger partial charge on any atom is 0.260 e. The molecule has 0 radical (unpaired) electrons. The van der Waals surface area contributed by atoms with Gasteiger partial charge in [-0.1, -0.05) is 17.7 Å². The number of piperidine rings is 1. The van der Waals surface area contributed by atoms with Crippen LogP contribution in [0.25, 0.3) is 0 Å². The number of rotatable bonds is 6. The quantitative estimate of drug-likeness (QED) is 0.833. The van der Waals surface area contributed by atoms with Gasteiger partial charge in [0.1, 0.15) is 11.5 Å². The average Bonchev–Trinajstić information content (AvgIpc) is 2.73. The summed E-state index contributed by atoms with van der Waals surface area (Å²) in [7, 11) is 1.61. The molecular formula is C22H26N2O4. The van der Waals surface area contributed by atoms with Crippen molar-refractivity contribution in [3.05, 3.63) is 54.1 Å². The second-order valence-corrected chi connectivity index (χ2v) is 6.97. The molecule has 1 aliphatic rings. The zero-order chi connectivity index (χ0) is 19.9. The van der Waals surface area contributed by atoms with Gasteiger partial charge in [-0.25, -0.2) is 0 Å². The number of benzene rings is 2.